The highest BCUT2D eigenvalue weighted by Crippen LogP contribution is 2.20. The number of carbonyl (C=O) groups is 2. The molecule has 1 amide bonds. The van der Waals surface area contributed by atoms with Crippen molar-refractivity contribution in [3.63, 3.8) is 0 Å². The third-order valence-electron chi connectivity index (χ3n) is 4.03. The van der Waals surface area contributed by atoms with Crippen LogP contribution in [0.3, 0.4) is 0 Å². The molecule has 0 aliphatic rings. The number of amides is 1. The fourth-order valence-corrected chi connectivity index (χ4v) is 3.59. The number of aliphatic carboxylic acids is 1. The maximum atomic E-state index is 12.5. The summed E-state index contributed by atoms with van der Waals surface area (Å²) in [5, 5.41) is 8.65. The SMILES string of the molecule is Cc1ccccc1NS(=O)(=O)c1ccc(C(=O)N(C)CCCC(=O)O)cc1. The highest BCUT2D eigenvalue weighted by molar-refractivity contribution is 7.92. The lowest BCUT2D eigenvalue weighted by atomic mass is 10.2. The molecule has 0 fully saturated rings. The summed E-state index contributed by atoms with van der Waals surface area (Å²) in [6.45, 7) is 2.11. The zero-order valence-corrected chi connectivity index (χ0v) is 16.0. The number of carboxylic acid groups (broad SMARTS) is 1. The molecule has 0 bridgehead atoms. The summed E-state index contributed by atoms with van der Waals surface area (Å²) in [6, 6.07) is 12.7. The van der Waals surface area contributed by atoms with E-state index in [0.717, 1.165) is 5.56 Å². The van der Waals surface area contributed by atoms with Crippen molar-refractivity contribution in [2.45, 2.75) is 24.7 Å². The lowest BCUT2D eigenvalue weighted by Gasteiger charge is -2.17. The van der Waals surface area contributed by atoms with Crippen molar-refractivity contribution in [1.82, 2.24) is 4.90 Å². The Morgan fingerprint density at radius 1 is 1.07 bits per heavy atom. The molecule has 0 spiro atoms. The predicted molar refractivity (Wildman–Crippen MR) is 102 cm³/mol. The number of nitrogens with zero attached hydrogens (tertiary/aromatic N) is 1. The van der Waals surface area contributed by atoms with Crippen LogP contribution in [-0.4, -0.2) is 43.9 Å². The maximum Gasteiger partial charge on any atom is 0.303 e. The van der Waals surface area contributed by atoms with Crippen LogP contribution < -0.4 is 4.72 Å². The van der Waals surface area contributed by atoms with Crippen molar-refractivity contribution in [2.75, 3.05) is 18.3 Å². The third kappa shape index (κ3) is 5.55. The maximum absolute atomic E-state index is 12.5. The molecular weight excluding hydrogens is 368 g/mol. The van der Waals surface area contributed by atoms with Crippen LogP contribution in [0.5, 0.6) is 0 Å². The van der Waals surface area contributed by atoms with E-state index in [2.05, 4.69) is 4.72 Å². The molecule has 0 aromatic heterocycles. The molecule has 2 aromatic rings. The van der Waals surface area contributed by atoms with E-state index >= 15 is 0 Å². The van der Waals surface area contributed by atoms with Crippen LogP contribution in [0.2, 0.25) is 0 Å². The average Bonchev–Trinajstić information content (AvgIpc) is 2.62. The van der Waals surface area contributed by atoms with Gasteiger partial charge in [-0.25, -0.2) is 8.42 Å². The van der Waals surface area contributed by atoms with Gasteiger partial charge in [-0.3, -0.25) is 14.3 Å². The second kappa shape index (κ2) is 8.68. The van der Waals surface area contributed by atoms with Crippen LogP contribution >= 0.6 is 0 Å². The number of anilines is 1. The van der Waals surface area contributed by atoms with Crippen LogP contribution in [-0.2, 0) is 14.8 Å². The van der Waals surface area contributed by atoms with Crippen LogP contribution in [0.4, 0.5) is 5.69 Å². The Bertz CT molecular complexity index is 923. The van der Waals surface area contributed by atoms with Gasteiger partial charge in [0, 0.05) is 25.6 Å². The minimum Gasteiger partial charge on any atom is -0.481 e. The summed E-state index contributed by atoms with van der Waals surface area (Å²) in [4.78, 5) is 24.3. The molecule has 0 aliphatic heterocycles. The van der Waals surface area contributed by atoms with Gasteiger partial charge in [-0.1, -0.05) is 18.2 Å². The number of sulfonamides is 1. The number of hydrogen-bond acceptors (Lipinski definition) is 4. The number of hydrogen-bond donors (Lipinski definition) is 2. The summed E-state index contributed by atoms with van der Waals surface area (Å²) in [7, 11) is -2.18. The topological polar surface area (TPSA) is 104 Å². The van der Waals surface area contributed by atoms with Gasteiger partial charge in [0.05, 0.1) is 10.6 Å². The number of carboxylic acids is 1. The Balaban J connectivity index is 2.08. The van der Waals surface area contributed by atoms with E-state index in [1.54, 1.807) is 32.2 Å². The monoisotopic (exact) mass is 390 g/mol. The van der Waals surface area contributed by atoms with E-state index in [9.17, 15) is 18.0 Å². The number of aryl methyl sites for hydroxylation is 1. The molecule has 27 heavy (non-hydrogen) atoms. The molecule has 2 N–H and O–H groups in total. The largest absolute Gasteiger partial charge is 0.481 e. The molecule has 0 atom stereocenters. The molecule has 2 aromatic carbocycles. The van der Waals surface area contributed by atoms with Gasteiger partial charge in [-0.15, -0.1) is 0 Å². The molecule has 0 heterocycles. The van der Waals surface area contributed by atoms with Crippen molar-refractivity contribution >= 4 is 27.6 Å². The predicted octanol–water partition coefficient (Wildman–Crippen LogP) is 2.73. The minimum atomic E-state index is -3.76. The number of carbonyl (C=O) groups excluding carboxylic acids is 1. The van der Waals surface area contributed by atoms with Gasteiger partial charge in [-0.05, 0) is 49.2 Å². The fraction of sp³-hybridized carbons (Fsp3) is 0.263. The Morgan fingerprint density at radius 3 is 2.30 bits per heavy atom. The number of benzene rings is 2. The normalized spacial score (nSPS) is 11.0. The zero-order chi connectivity index (χ0) is 20.0. The number of para-hydroxylation sites is 1. The molecule has 8 heteroatoms. The number of rotatable bonds is 8. The van der Waals surface area contributed by atoms with E-state index in [-0.39, 0.29) is 17.2 Å². The van der Waals surface area contributed by atoms with Crippen molar-refractivity contribution in [1.29, 1.82) is 0 Å². The molecule has 0 unspecified atom stereocenters. The van der Waals surface area contributed by atoms with Gasteiger partial charge in [0.2, 0.25) is 0 Å². The quantitative estimate of drug-likeness (QED) is 0.721. The molecule has 144 valence electrons. The summed E-state index contributed by atoms with van der Waals surface area (Å²) >= 11 is 0. The van der Waals surface area contributed by atoms with Crippen LogP contribution in [0.15, 0.2) is 53.4 Å². The Hall–Kier alpha value is -2.87. The summed E-state index contributed by atoms with van der Waals surface area (Å²) < 4.78 is 27.6. The van der Waals surface area contributed by atoms with Crippen LogP contribution in [0.25, 0.3) is 0 Å². The highest BCUT2D eigenvalue weighted by Gasteiger charge is 2.17. The van der Waals surface area contributed by atoms with Crippen molar-refractivity contribution in [2.24, 2.45) is 0 Å². The van der Waals surface area contributed by atoms with Gasteiger partial charge in [0.1, 0.15) is 0 Å². The molecule has 0 saturated carbocycles. The van der Waals surface area contributed by atoms with Crippen LogP contribution in [0, 0.1) is 6.92 Å². The highest BCUT2D eigenvalue weighted by atomic mass is 32.2. The van der Waals surface area contributed by atoms with Crippen molar-refractivity contribution in [3.05, 3.63) is 59.7 Å². The number of nitrogens with one attached hydrogen (secondary N) is 1. The Labute approximate surface area is 158 Å². The first-order valence-corrected chi connectivity index (χ1v) is 9.85. The van der Waals surface area contributed by atoms with Gasteiger partial charge >= 0.3 is 5.97 Å². The van der Waals surface area contributed by atoms with Gasteiger partial charge < -0.3 is 10.0 Å². The summed E-state index contributed by atoms with van der Waals surface area (Å²) in [6.07, 6.45) is 0.337. The standard InChI is InChI=1S/C19H22N2O5S/c1-14-6-3-4-7-17(14)20-27(25,26)16-11-9-15(10-12-16)19(24)21(2)13-5-8-18(22)23/h3-4,6-7,9-12,20H,5,8,13H2,1-2H3,(H,22,23). The van der Waals surface area contributed by atoms with Crippen molar-refractivity contribution < 1.29 is 23.1 Å². The Morgan fingerprint density at radius 2 is 1.70 bits per heavy atom. The fourth-order valence-electron chi connectivity index (χ4n) is 2.46. The smallest absolute Gasteiger partial charge is 0.303 e. The molecule has 0 saturated heterocycles. The first-order chi connectivity index (χ1) is 12.7. The molecule has 2 rings (SSSR count). The average molecular weight is 390 g/mol. The van der Waals surface area contributed by atoms with Gasteiger partial charge in [0.15, 0.2) is 0 Å². The van der Waals surface area contributed by atoms with E-state index < -0.39 is 16.0 Å². The second-order valence-electron chi connectivity index (χ2n) is 6.17. The zero-order valence-electron chi connectivity index (χ0n) is 15.2. The molecule has 7 nitrogen and oxygen atoms in total. The van der Waals surface area contributed by atoms with Gasteiger partial charge in [0.25, 0.3) is 15.9 Å². The van der Waals surface area contributed by atoms with E-state index in [1.165, 1.54) is 29.2 Å². The summed E-state index contributed by atoms with van der Waals surface area (Å²) in [5.41, 5.74) is 1.63. The van der Waals surface area contributed by atoms with E-state index in [0.29, 0.717) is 24.2 Å². The lowest BCUT2D eigenvalue weighted by molar-refractivity contribution is -0.137. The summed E-state index contributed by atoms with van der Waals surface area (Å²) in [5.74, 6) is -1.21. The molecule has 0 aliphatic carbocycles. The van der Waals surface area contributed by atoms with Crippen molar-refractivity contribution in [3.8, 4) is 0 Å². The first-order valence-electron chi connectivity index (χ1n) is 8.36. The first kappa shape index (κ1) is 20.4. The molecule has 0 radical (unpaired) electrons. The minimum absolute atomic E-state index is 0.0145. The van der Waals surface area contributed by atoms with E-state index in [1.807, 2.05) is 6.07 Å². The second-order valence-corrected chi connectivity index (χ2v) is 7.85. The van der Waals surface area contributed by atoms with E-state index in [4.69, 9.17) is 5.11 Å². The lowest BCUT2D eigenvalue weighted by Crippen LogP contribution is -2.28. The van der Waals surface area contributed by atoms with Gasteiger partial charge in [-0.2, -0.15) is 0 Å². The molecular formula is C19H22N2O5S. The Kier molecular flexibility index (Phi) is 6.57. The third-order valence-corrected chi connectivity index (χ3v) is 5.41. The van der Waals surface area contributed by atoms with Crippen LogP contribution in [0.1, 0.15) is 28.8 Å².